The molecule has 18 heavy (non-hydrogen) atoms. The molecule has 1 amide bonds. The van der Waals surface area contributed by atoms with Crippen molar-refractivity contribution in [3.05, 3.63) is 28.8 Å². The van der Waals surface area contributed by atoms with Gasteiger partial charge in [-0.25, -0.2) is 5.48 Å². The summed E-state index contributed by atoms with van der Waals surface area (Å²) in [6.07, 6.45) is 0. The number of amides is 1. The molecule has 0 atom stereocenters. The molecule has 0 aliphatic carbocycles. The number of hydrogen-bond acceptors (Lipinski definition) is 3. The van der Waals surface area contributed by atoms with Gasteiger partial charge in [-0.05, 0) is 36.6 Å². The van der Waals surface area contributed by atoms with Crippen LogP contribution in [0.15, 0.2) is 18.2 Å². The Kier molecular flexibility index (Phi) is 5.95. The third-order valence-corrected chi connectivity index (χ3v) is 2.33. The van der Waals surface area contributed by atoms with E-state index in [2.05, 4.69) is 5.48 Å². The lowest BCUT2D eigenvalue weighted by molar-refractivity contribution is -0.136. The van der Waals surface area contributed by atoms with Crippen molar-refractivity contribution < 1.29 is 14.4 Å². The van der Waals surface area contributed by atoms with Crippen LogP contribution in [-0.4, -0.2) is 19.1 Å². The van der Waals surface area contributed by atoms with Crippen molar-refractivity contribution in [2.24, 2.45) is 5.92 Å². The molecule has 0 saturated heterocycles. The van der Waals surface area contributed by atoms with Crippen LogP contribution in [0.4, 0.5) is 0 Å². The number of carbonyl (C=O) groups is 1. The first-order valence-corrected chi connectivity index (χ1v) is 6.16. The number of carbonyl (C=O) groups excluding carboxylic acids is 1. The second-order valence-electron chi connectivity index (χ2n) is 4.43. The number of halogens is 1. The van der Waals surface area contributed by atoms with Gasteiger partial charge in [0.2, 0.25) is 0 Å². The molecule has 0 unspecified atom stereocenters. The van der Waals surface area contributed by atoms with E-state index in [1.54, 1.807) is 18.2 Å². The normalized spacial score (nSPS) is 10.5. The molecule has 4 nitrogen and oxygen atoms in total. The first-order chi connectivity index (χ1) is 8.49. The Morgan fingerprint density at radius 1 is 1.44 bits per heavy atom. The highest BCUT2D eigenvalue weighted by Gasteiger charge is 2.05. The minimum absolute atomic E-state index is 0.0828. The van der Waals surface area contributed by atoms with E-state index in [4.69, 9.17) is 21.2 Å². The van der Waals surface area contributed by atoms with Crippen LogP contribution in [0.3, 0.4) is 0 Å². The van der Waals surface area contributed by atoms with Crippen molar-refractivity contribution in [1.29, 1.82) is 0 Å². The SMILES string of the molecule is Cc1cc(Cl)ccc1OCC(=O)NOCC(C)C. The average Bonchev–Trinajstić information content (AvgIpc) is 2.27. The maximum Gasteiger partial charge on any atom is 0.281 e. The predicted octanol–water partition coefficient (Wildman–Crippen LogP) is 2.73. The summed E-state index contributed by atoms with van der Waals surface area (Å²) in [4.78, 5) is 16.4. The molecule has 0 radical (unpaired) electrons. The molecule has 1 aromatic rings. The molecular weight excluding hydrogens is 254 g/mol. The molecule has 1 aromatic carbocycles. The molecule has 1 rings (SSSR count). The van der Waals surface area contributed by atoms with E-state index in [1.807, 2.05) is 20.8 Å². The van der Waals surface area contributed by atoms with E-state index in [-0.39, 0.29) is 12.5 Å². The van der Waals surface area contributed by atoms with E-state index in [0.717, 1.165) is 5.56 Å². The first-order valence-electron chi connectivity index (χ1n) is 5.78. The molecule has 1 N–H and O–H groups in total. The van der Waals surface area contributed by atoms with Gasteiger partial charge < -0.3 is 4.74 Å². The quantitative estimate of drug-likeness (QED) is 0.810. The van der Waals surface area contributed by atoms with Crippen molar-refractivity contribution in [1.82, 2.24) is 5.48 Å². The predicted molar refractivity (Wildman–Crippen MR) is 70.6 cm³/mol. The van der Waals surface area contributed by atoms with E-state index in [9.17, 15) is 4.79 Å². The van der Waals surface area contributed by atoms with Gasteiger partial charge in [-0.2, -0.15) is 0 Å². The molecular formula is C13H18ClNO3. The largest absolute Gasteiger partial charge is 0.483 e. The number of rotatable bonds is 6. The monoisotopic (exact) mass is 271 g/mol. The lowest BCUT2D eigenvalue weighted by Gasteiger charge is -2.10. The zero-order valence-corrected chi connectivity index (χ0v) is 11.6. The summed E-state index contributed by atoms with van der Waals surface area (Å²) < 4.78 is 5.36. The average molecular weight is 272 g/mol. The van der Waals surface area contributed by atoms with Gasteiger partial charge in [0.1, 0.15) is 5.75 Å². The molecule has 0 spiro atoms. The smallest absolute Gasteiger partial charge is 0.281 e. The van der Waals surface area contributed by atoms with Gasteiger partial charge in [0, 0.05) is 5.02 Å². The van der Waals surface area contributed by atoms with Crippen LogP contribution in [0.25, 0.3) is 0 Å². The van der Waals surface area contributed by atoms with Gasteiger partial charge in [0.15, 0.2) is 6.61 Å². The van der Waals surface area contributed by atoms with Gasteiger partial charge in [-0.15, -0.1) is 0 Å². The van der Waals surface area contributed by atoms with Gasteiger partial charge >= 0.3 is 0 Å². The van der Waals surface area contributed by atoms with Crippen molar-refractivity contribution >= 4 is 17.5 Å². The summed E-state index contributed by atoms with van der Waals surface area (Å²) >= 11 is 5.82. The van der Waals surface area contributed by atoms with Crippen LogP contribution in [0.5, 0.6) is 5.75 Å². The van der Waals surface area contributed by atoms with Crippen LogP contribution in [-0.2, 0) is 9.63 Å². The van der Waals surface area contributed by atoms with Crippen molar-refractivity contribution in [2.45, 2.75) is 20.8 Å². The fourth-order valence-electron chi connectivity index (χ4n) is 1.24. The van der Waals surface area contributed by atoms with Crippen LogP contribution >= 0.6 is 11.6 Å². The zero-order chi connectivity index (χ0) is 13.5. The topological polar surface area (TPSA) is 47.6 Å². The minimum Gasteiger partial charge on any atom is -0.483 e. The molecule has 0 fully saturated rings. The Morgan fingerprint density at radius 3 is 2.78 bits per heavy atom. The van der Waals surface area contributed by atoms with Crippen LogP contribution in [0.1, 0.15) is 19.4 Å². The molecule has 0 aromatic heterocycles. The number of nitrogens with one attached hydrogen (secondary N) is 1. The highest BCUT2D eigenvalue weighted by atomic mass is 35.5. The Morgan fingerprint density at radius 2 is 2.17 bits per heavy atom. The molecule has 5 heteroatoms. The van der Waals surface area contributed by atoms with Crippen molar-refractivity contribution in [3.63, 3.8) is 0 Å². The van der Waals surface area contributed by atoms with E-state index >= 15 is 0 Å². The number of ether oxygens (including phenoxy) is 1. The molecule has 0 heterocycles. The Balaban J connectivity index is 2.33. The fourth-order valence-corrected chi connectivity index (χ4v) is 1.46. The highest BCUT2D eigenvalue weighted by molar-refractivity contribution is 6.30. The van der Waals surface area contributed by atoms with Crippen LogP contribution < -0.4 is 10.2 Å². The summed E-state index contributed by atoms with van der Waals surface area (Å²) in [5, 5.41) is 0.643. The van der Waals surface area contributed by atoms with Crippen molar-refractivity contribution in [3.8, 4) is 5.75 Å². The van der Waals surface area contributed by atoms with Gasteiger partial charge in [0.25, 0.3) is 5.91 Å². The van der Waals surface area contributed by atoms with Gasteiger partial charge in [-0.1, -0.05) is 25.4 Å². The maximum absolute atomic E-state index is 11.4. The second-order valence-corrected chi connectivity index (χ2v) is 4.87. The van der Waals surface area contributed by atoms with Gasteiger partial charge in [0.05, 0.1) is 6.61 Å². The Labute approximate surface area is 112 Å². The second kappa shape index (κ2) is 7.24. The number of benzene rings is 1. The third kappa shape index (κ3) is 5.38. The molecule has 100 valence electrons. The first kappa shape index (κ1) is 14.8. The van der Waals surface area contributed by atoms with Crippen LogP contribution in [0.2, 0.25) is 5.02 Å². The van der Waals surface area contributed by atoms with E-state index in [1.165, 1.54) is 0 Å². The molecule has 0 aliphatic heterocycles. The van der Waals surface area contributed by atoms with Crippen LogP contribution in [0, 0.1) is 12.8 Å². The Bertz CT molecular complexity index is 407. The fraction of sp³-hybridized carbons (Fsp3) is 0.462. The minimum atomic E-state index is -0.315. The number of aryl methyl sites for hydroxylation is 1. The molecule has 0 bridgehead atoms. The number of hydrogen-bond donors (Lipinski definition) is 1. The summed E-state index contributed by atoms with van der Waals surface area (Å²) in [6.45, 7) is 6.26. The molecule has 0 saturated carbocycles. The summed E-state index contributed by atoms with van der Waals surface area (Å²) in [7, 11) is 0. The zero-order valence-electron chi connectivity index (χ0n) is 10.8. The third-order valence-electron chi connectivity index (χ3n) is 2.10. The standard InChI is InChI=1S/C13H18ClNO3/c1-9(2)7-18-15-13(16)8-17-12-5-4-11(14)6-10(12)3/h4-6,9H,7-8H2,1-3H3,(H,15,16). The summed E-state index contributed by atoms with van der Waals surface area (Å²) in [6, 6.07) is 5.24. The maximum atomic E-state index is 11.4. The highest BCUT2D eigenvalue weighted by Crippen LogP contribution is 2.21. The summed E-state index contributed by atoms with van der Waals surface area (Å²) in [5.74, 6) is 0.688. The summed E-state index contributed by atoms with van der Waals surface area (Å²) in [5.41, 5.74) is 3.21. The van der Waals surface area contributed by atoms with E-state index < -0.39 is 0 Å². The van der Waals surface area contributed by atoms with Gasteiger partial charge in [-0.3, -0.25) is 9.63 Å². The van der Waals surface area contributed by atoms with E-state index in [0.29, 0.717) is 23.3 Å². The number of hydroxylamine groups is 1. The lowest BCUT2D eigenvalue weighted by Crippen LogP contribution is -2.30. The lowest BCUT2D eigenvalue weighted by atomic mass is 10.2. The Hall–Kier alpha value is -1.26. The van der Waals surface area contributed by atoms with Crippen molar-refractivity contribution in [2.75, 3.05) is 13.2 Å². The molecule has 0 aliphatic rings.